The zero-order chi connectivity index (χ0) is 14.3. The van der Waals surface area contributed by atoms with Crippen LogP contribution in [0.3, 0.4) is 0 Å². The Labute approximate surface area is 127 Å². The molecule has 0 amide bonds. The monoisotopic (exact) mass is 313 g/mol. The highest BCUT2D eigenvalue weighted by atomic mass is 35.5. The van der Waals surface area contributed by atoms with E-state index in [1.165, 1.54) is 6.07 Å². The van der Waals surface area contributed by atoms with Crippen LogP contribution in [0.1, 0.15) is 25.8 Å². The minimum absolute atomic E-state index is 0.142. The number of imidazole rings is 1. The Bertz CT molecular complexity index is 694. The van der Waals surface area contributed by atoms with Crippen LogP contribution in [-0.4, -0.2) is 34.1 Å². The van der Waals surface area contributed by atoms with Crippen LogP contribution in [0.2, 0.25) is 5.02 Å². The number of benzene rings is 1. The average molecular weight is 314 g/mol. The number of hydrogen-bond donors (Lipinski definition) is 1. The first-order chi connectivity index (χ1) is 9.60. The van der Waals surface area contributed by atoms with Gasteiger partial charge >= 0.3 is 0 Å². The summed E-state index contributed by atoms with van der Waals surface area (Å²) in [6.07, 6.45) is 2.24. The predicted octanol–water partition coefficient (Wildman–Crippen LogP) is 4.15. The van der Waals surface area contributed by atoms with E-state index in [1.807, 2.05) is 0 Å². The summed E-state index contributed by atoms with van der Waals surface area (Å²) < 4.78 is 16.3. The number of hydrogen-bond acceptors (Lipinski definition) is 2. The van der Waals surface area contributed by atoms with E-state index in [9.17, 15) is 4.39 Å². The van der Waals surface area contributed by atoms with Gasteiger partial charge in [-0.1, -0.05) is 18.5 Å². The maximum Gasteiger partial charge on any atom is 0.178 e. The maximum absolute atomic E-state index is 13.5. The molecule has 3 rings (SSSR count). The van der Waals surface area contributed by atoms with E-state index in [-0.39, 0.29) is 5.02 Å². The van der Waals surface area contributed by atoms with Crippen molar-refractivity contribution in [2.75, 3.05) is 19.6 Å². The number of nitrogens with one attached hydrogen (secondary N) is 1. The minimum atomic E-state index is -0.415. The van der Waals surface area contributed by atoms with Gasteiger partial charge in [-0.15, -0.1) is 0 Å². The van der Waals surface area contributed by atoms with E-state index in [4.69, 9.17) is 23.8 Å². The topological polar surface area (TPSA) is 24.0 Å². The number of aromatic nitrogens is 2. The van der Waals surface area contributed by atoms with Crippen LogP contribution in [0.5, 0.6) is 0 Å². The number of piperidine rings is 1. The van der Waals surface area contributed by atoms with E-state index in [1.54, 1.807) is 6.07 Å². The molecule has 3 nitrogen and oxygen atoms in total. The number of halogens is 2. The Morgan fingerprint density at radius 3 is 3.05 bits per heavy atom. The van der Waals surface area contributed by atoms with Crippen molar-refractivity contribution in [1.29, 1.82) is 0 Å². The van der Waals surface area contributed by atoms with Gasteiger partial charge in [0.1, 0.15) is 5.82 Å². The molecule has 1 aliphatic heterocycles. The molecule has 0 radical (unpaired) electrons. The Morgan fingerprint density at radius 1 is 1.50 bits per heavy atom. The van der Waals surface area contributed by atoms with Crippen molar-refractivity contribution in [3.63, 3.8) is 0 Å². The van der Waals surface area contributed by atoms with Gasteiger partial charge in [0.15, 0.2) is 4.77 Å². The largest absolute Gasteiger partial charge is 0.330 e. The standard InChI is InChI=1S/C14H17ClFN3S/c1-2-18-5-3-4-9(8-18)19-13-6-10(15)11(16)7-12(13)17-14(19)20/h6-7,9H,2-5,8H2,1H3,(H,17,20). The van der Waals surface area contributed by atoms with Crippen molar-refractivity contribution < 1.29 is 4.39 Å². The van der Waals surface area contributed by atoms with Crippen molar-refractivity contribution in [2.45, 2.75) is 25.8 Å². The molecule has 0 bridgehead atoms. The van der Waals surface area contributed by atoms with Crippen LogP contribution in [0.15, 0.2) is 12.1 Å². The average Bonchev–Trinajstić information content (AvgIpc) is 2.74. The van der Waals surface area contributed by atoms with Crippen LogP contribution in [0.4, 0.5) is 4.39 Å². The lowest BCUT2D eigenvalue weighted by Gasteiger charge is -2.32. The van der Waals surface area contributed by atoms with E-state index in [0.717, 1.165) is 38.0 Å². The summed E-state index contributed by atoms with van der Waals surface area (Å²) in [6, 6.07) is 3.42. The van der Waals surface area contributed by atoms with Crippen LogP contribution >= 0.6 is 23.8 Å². The number of likely N-dealkylation sites (tertiary alicyclic amines) is 1. The van der Waals surface area contributed by atoms with Gasteiger partial charge in [-0.2, -0.15) is 0 Å². The molecule has 1 saturated heterocycles. The highest BCUT2D eigenvalue weighted by molar-refractivity contribution is 7.71. The molecule has 108 valence electrons. The SMILES string of the molecule is CCN1CCCC(n2c(=S)[nH]c3cc(F)c(Cl)cc32)C1. The van der Waals surface area contributed by atoms with Crippen molar-refractivity contribution in [2.24, 2.45) is 0 Å². The first kappa shape index (κ1) is 14.0. The molecule has 1 N–H and O–H groups in total. The van der Waals surface area contributed by atoms with Crippen molar-refractivity contribution >= 4 is 34.9 Å². The second kappa shape index (κ2) is 5.47. The maximum atomic E-state index is 13.5. The molecule has 2 heterocycles. The number of H-pyrrole nitrogens is 1. The summed E-state index contributed by atoms with van der Waals surface area (Å²) >= 11 is 11.3. The van der Waals surface area contributed by atoms with Crippen LogP contribution < -0.4 is 0 Å². The summed E-state index contributed by atoms with van der Waals surface area (Å²) in [7, 11) is 0. The molecule has 0 spiro atoms. The minimum Gasteiger partial charge on any atom is -0.330 e. The summed E-state index contributed by atoms with van der Waals surface area (Å²) in [6.45, 7) is 5.33. The van der Waals surface area contributed by atoms with Crippen LogP contribution in [0, 0.1) is 10.6 Å². The molecule has 2 aromatic rings. The van der Waals surface area contributed by atoms with Gasteiger partial charge in [-0.05, 0) is 44.2 Å². The number of nitrogens with zero attached hydrogens (tertiary/aromatic N) is 2. The lowest BCUT2D eigenvalue weighted by atomic mass is 10.1. The summed E-state index contributed by atoms with van der Waals surface area (Å²) in [5.41, 5.74) is 1.61. The van der Waals surface area contributed by atoms with Gasteiger partial charge < -0.3 is 14.5 Å². The number of rotatable bonds is 2. The third-order valence-electron chi connectivity index (χ3n) is 4.05. The van der Waals surface area contributed by atoms with Gasteiger partial charge in [0, 0.05) is 18.7 Å². The first-order valence-electron chi connectivity index (χ1n) is 6.91. The summed E-state index contributed by atoms with van der Waals surface area (Å²) in [5.74, 6) is -0.415. The molecule has 6 heteroatoms. The number of aromatic amines is 1. The van der Waals surface area contributed by atoms with E-state index in [0.29, 0.717) is 16.3 Å². The molecule has 0 aliphatic carbocycles. The highest BCUT2D eigenvalue weighted by Gasteiger charge is 2.23. The lowest BCUT2D eigenvalue weighted by Crippen LogP contribution is -2.36. The van der Waals surface area contributed by atoms with Crippen LogP contribution in [-0.2, 0) is 0 Å². The molecule has 0 saturated carbocycles. The zero-order valence-corrected chi connectivity index (χ0v) is 12.9. The Kier molecular flexibility index (Phi) is 3.84. The third kappa shape index (κ3) is 2.38. The predicted molar refractivity (Wildman–Crippen MR) is 82.5 cm³/mol. The Balaban J connectivity index is 2.08. The normalized spacial score (nSPS) is 20.6. The lowest BCUT2D eigenvalue weighted by molar-refractivity contribution is 0.187. The molecular formula is C14H17ClFN3S. The fourth-order valence-electron chi connectivity index (χ4n) is 3.01. The summed E-state index contributed by atoms with van der Waals surface area (Å²) in [5, 5.41) is 0.142. The first-order valence-corrected chi connectivity index (χ1v) is 7.70. The van der Waals surface area contributed by atoms with Gasteiger partial charge in [0.25, 0.3) is 0 Å². The smallest absolute Gasteiger partial charge is 0.178 e. The van der Waals surface area contributed by atoms with Crippen molar-refractivity contribution in [3.05, 3.63) is 27.7 Å². The molecule has 1 aromatic carbocycles. The molecule has 1 aromatic heterocycles. The van der Waals surface area contributed by atoms with Gasteiger partial charge in [-0.3, -0.25) is 0 Å². The molecular weight excluding hydrogens is 297 g/mol. The zero-order valence-electron chi connectivity index (χ0n) is 11.3. The van der Waals surface area contributed by atoms with Crippen molar-refractivity contribution in [1.82, 2.24) is 14.5 Å². The fraction of sp³-hybridized carbons (Fsp3) is 0.500. The molecule has 20 heavy (non-hydrogen) atoms. The summed E-state index contributed by atoms with van der Waals surface area (Å²) in [4.78, 5) is 5.50. The fourth-order valence-corrected chi connectivity index (χ4v) is 3.53. The van der Waals surface area contributed by atoms with Gasteiger partial charge in [0.2, 0.25) is 0 Å². The highest BCUT2D eigenvalue weighted by Crippen LogP contribution is 2.29. The van der Waals surface area contributed by atoms with E-state index in [2.05, 4.69) is 21.4 Å². The van der Waals surface area contributed by atoms with Gasteiger partial charge in [0.05, 0.1) is 16.1 Å². The molecule has 1 fully saturated rings. The second-order valence-electron chi connectivity index (χ2n) is 5.27. The Hall–Kier alpha value is -0.910. The molecule has 1 aliphatic rings. The molecule has 1 atom stereocenters. The number of fused-ring (bicyclic) bond motifs is 1. The van der Waals surface area contributed by atoms with Gasteiger partial charge in [-0.25, -0.2) is 4.39 Å². The second-order valence-corrected chi connectivity index (χ2v) is 6.07. The third-order valence-corrected chi connectivity index (χ3v) is 4.64. The molecule has 1 unspecified atom stereocenters. The van der Waals surface area contributed by atoms with E-state index < -0.39 is 5.82 Å². The van der Waals surface area contributed by atoms with Crippen molar-refractivity contribution in [3.8, 4) is 0 Å². The Morgan fingerprint density at radius 2 is 2.30 bits per heavy atom. The quantitative estimate of drug-likeness (QED) is 0.842. The number of likely N-dealkylation sites (N-methyl/N-ethyl adjacent to an activating group) is 1. The van der Waals surface area contributed by atoms with Crippen LogP contribution in [0.25, 0.3) is 11.0 Å². The van der Waals surface area contributed by atoms with E-state index >= 15 is 0 Å².